The number of halogens is 1. The van der Waals surface area contributed by atoms with Crippen molar-refractivity contribution in [2.75, 3.05) is 0 Å². The zero-order valence-electron chi connectivity index (χ0n) is 13.9. The molecule has 4 aromatic rings. The van der Waals surface area contributed by atoms with E-state index < -0.39 is 11.3 Å². The summed E-state index contributed by atoms with van der Waals surface area (Å²) in [5.41, 5.74) is 3.63. The molecule has 0 saturated carbocycles. The lowest BCUT2D eigenvalue weighted by atomic mass is 10.0. The third kappa shape index (κ3) is 3.60. The normalized spacial score (nSPS) is 12.6. The number of aryl methyl sites for hydroxylation is 1. The Kier molecular flexibility index (Phi) is 4.70. The number of hydrogen-bond donors (Lipinski definition) is 2. The first-order valence-electron chi connectivity index (χ1n) is 7.76. The van der Waals surface area contributed by atoms with Crippen molar-refractivity contribution in [3.63, 3.8) is 0 Å². The molecule has 0 bridgehead atoms. The summed E-state index contributed by atoms with van der Waals surface area (Å²) >= 11 is 3.68. The first kappa shape index (κ1) is 17.7. The van der Waals surface area contributed by atoms with Crippen LogP contribution in [0.2, 0.25) is 5.15 Å². The van der Waals surface area contributed by atoms with Gasteiger partial charge in [-0.25, -0.2) is 9.71 Å². The van der Waals surface area contributed by atoms with Crippen LogP contribution in [0.3, 0.4) is 0 Å². The maximum absolute atomic E-state index is 10.8. The lowest BCUT2D eigenvalue weighted by Gasteiger charge is -2.11. The molecular weight excluding hydrogens is 392 g/mol. The first-order valence-corrected chi connectivity index (χ1v) is 9.21. The van der Waals surface area contributed by atoms with Gasteiger partial charge in [0.15, 0.2) is 0 Å². The maximum atomic E-state index is 10.8. The van der Waals surface area contributed by atoms with E-state index in [4.69, 9.17) is 16.0 Å². The molecule has 0 spiro atoms. The number of benzene rings is 1. The van der Waals surface area contributed by atoms with Crippen molar-refractivity contribution in [1.82, 2.24) is 30.1 Å². The van der Waals surface area contributed by atoms with Gasteiger partial charge in [-0.3, -0.25) is 9.31 Å². The second-order valence-corrected chi connectivity index (χ2v) is 6.83. The summed E-state index contributed by atoms with van der Waals surface area (Å²) in [6.07, 6.45) is 3.30. The smallest absolute Gasteiger partial charge is 0.248 e. The molecular formula is C16H12ClN6O3S-. The van der Waals surface area contributed by atoms with Gasteiger partial charge in [0.05, 0.1) is 17.3 Å². The van der Waals surface area contributed by atoms with E-state index in [2.05, 4.69) is 30.1 Å². The van der Waals surface area contributed by atoms with Gasteiger partial charge >= 0.3 is 0 Å². The summed E-state index contributed by atoms with van der Waals surface area (Å²) in [6.45, 7) is 1.76. The highest BCUT2D eigenvalue weighted by molar-refractivity contribution is 7.77. The number of fused-ring (bicyclic) bond motifs is 1. The predicted molar refractivity (Wildman–Crippen MR) is 98.1 cm³/mol. The molecule has 0 radical (unpaired) electrons. The molecule has 0 aliphatic heterocycles. The average Bonchev–Trinajstić information content (AvgIpc) is 3.28. The SMILES string of the molecule is Cc1nnc(-c2cc(-c3cnc(Cl)c(CNS(=O)[O-])c3)cc3[nH]ncc23)o1. The predicted octanol–water partition coefficient (Wildman–Crippen LogP) is 2.52. The molecule has 0 fully saturated rings. The summed E-state index contributed by atoms with van der Waals surface area (Å²) in [4.78, 5) is 4.15. The third-order valence-corrected chi connectivity index (χ3v) is 4.66. The minimum atomic E-state index is -2.39. The fourth-order valence-corrected chi connectivity index (χ4v) is 3.16. The molecule has 1 unspecified atom stereocenters. The molecule has 138 valence electrons. The fourth-order valence-electron chi connectivity index (χ4n) is 2.71. The van der Waals surface area contributed by atoms with Gasteiger partial charge in [0.25, 0.3) is 0 Å². The van der Waals surface area contributed by atoms with Crippen LogP contribution in [0.25, 0.3) is 33.5 Å². The van der Waals surface area contributed by atoms with Gasteiger partial charge in [-0.1, -0.05) is 11.6 Å². The van der Waals surface area contributed by atoms with Crippen LogP contribution in [0.4, 0.5) is 0 Å². The highest BCUT2D eigenvalue weighted by atomic mass is 35.5. The van der Waals surface area contributed by atoms with Crippen molar-refractivity contribution >= 4 is 33.8 Å². The van der Waals surface area contributed by atoms with E-state index >= 15 is 0 Å². The lowest BCUT2D eigenvalue weighted by molar-refractivity contribution is 0.522. The minimum absolute atomic E-state index is 0.0395. The summed E-state index contributed by atoms with van der Waals surface area (Å²) < 4.78 is 29.4. The molecule has 1 atom stereocenters. The van der Waals surface area contributed by atoms with Crippen molar-refractivity contribution in [2.45, 2.75) is 13.5 Å². The third-order valence-electron chi connectivity index (χ3n) is 3.94. The molecule has 2 N–H and O–H groups in total. The van der Waals surface area contributed by atoms with E-state index in [1.54, 1.807) is 25.4 Å². The van der Waals surface area contributed by atoms with Crippen molar-refractivity contribution in [1.29, 1.82) is 0 Å². The lowest BCUT2D eigenvalue weighted by Crippen LogP contribution is -2.16. The van der Waals surface area contributed by atoms with Crippen LogP contribution < -0.4 is 4.72 Å². The monoisotopic (exact) mass is 403 g/mol. The van der Waals surface area contributed by atoms with E-state index in [-0.39, 0.29) is 11.7 Å². The number of pyridine rings is 1. The second-order valence-electron chi connectivity index (χ2n) is 5.71. The molecule has 0 aliphatic rings. The number of rotatable bonds is 5. The summed E-state index contributed by atoms with van der Waals surface area (Å²) in [5, 5.41) is 16.0. The van der Waals surface area contributed by atoms with E-state index in [0.717, 1.165) is 27.6 Å². The largest absolute Gasteiger partial charge is 0.760 e. The van der Waals surface area contributed by atoms with Gasteiger partial charge in [0, 0.05) is 47.4 Å². The van der Waals surface area contributed by atoms with Crippen molar-refractivity contribution in [3.8, 4) is 22.6 Å². The van der Waals surface area contributed by atoms with E-state index in [0.29, 0.717) is 17.3 Å². The topological polar surface area (TPSA) is 133 Å². The Balaban J connectivity index is 1.82. The Hall–Kier alpha value is -2.66. The molecule has 1 aromatic carbocycles. The van der Waals surface area contributed by atoms with Crippen LogP contribution in [0.1, 0.15) is 11.5 Å². The zero-order valence-corrected chi connectivity index (χ0v) is 15.5. The fraction of sp³-hybridized carbons (Fsp3) is 0.125. The molecule has 0 amide bonds. The Bertz CT molecular complexity index is 1160. The minimum Gasteiger partial charge on any atom is -0.760 e. The molecule has 27 heavy (non-hydrogen) atoms. The van der Waals surface area contributed by atoms with Crippen molar-refractivity contribution in [3.05, 3.63) is 47.2 Å². The number of nitrogens with zero attached hydrogens (tertiary/aromatic N) is 4. The zero-order chi connectivity index (χ0) is 19.0. The van der Waals surface area contributed by atoms with Crippen molar-refractivity contribution < 1.29 is 13.2 Å². The summed E-state index contributed by atoms with van der Waals surface area (Å²) in [5.74, 6) is 0.838. The maximum Gasteiger partial charge on any atom is 0.248 e. The molecule has 3 heterocycles. The van der Waals surface area contributed by atoms with E-state index in [1.165, 1.54) is 0 Å². The van der Waals surface area contributed by atoms with Crippen LogP contribution in [0, 0.1) is 6.92 Å². The Morgan fingerprint density at radius 1 is 1.26 bits per heavy atom. The molecule has 0 saturated heterocycles. The van der Waals surface area contributed by atoms with Crippen LogP contribution in [-0.2, 0) is 17.8 Å². The van der Waals surface area contributed by atoms with Gasteiger partial charge in [-0.2, -0.15) is 5.10 Å². The quantitative estimate of drug-likeness (QED) is 0.386. The summed E-state index contributed by atoms with van der Waals surface area (Å²) in [7, 11) is 0. The highest BCUT2D eigenvalue weighted by Crippen LogP contribution is 2.33. The average molecular weight is 404 g/mol. The molecule has 11 heteroatoms. The van der Waals surface area contributed by atoms with E-state index in [9.17, 15) is 8.76 Å². The Morgan fingerprint density at radius 3 is 2.85 bits per heavy atom. The second kappa shape index (κ2) is 7.16. The number of aromatic amines is 1. The van der Waals surface area contributed by atoms with Gasteiger partial charge in [0.1, 0.15) is 5.15 Å². The van der Waals surface area contributed by atoms with Crippen LogP contribution in [0.15, 0.2) is 35.0 Å². The molecule has 4 rings (SSSR count). The number of H-pyrrole nitrogens is 1. The number of aromatic nitrogens is 5. The standard InChI is InChI=1S/C16H13ClN6O3S/c1-8-21-23-16(26-8)12-3-9(4-14-13(12)7-19-22-14)10-2-11(6-20-27(24)25)15(17)18-5-10/h2-5,7,20H,6H2,1H3,(H,19,22)(H,24,25)/p-1. The van der Waals surface area contributed by atoms with Gasteiger partial charge < -0.3 is 8.97 Å². The number of nitrogens with one attached hydrogen (secondary N) is 2. The van der Waals surface area contributed by atoms with Crippen LogP contribution in [0.5, 0.6) is 0 Å². The van der Waals surface area contributed by atoms with Gasteiger partial charge in [-0.05, 0) is 23.8 Å². The first-order chi connectivity index (χ1) is 13.0. The van der Waals surface area contributed by atoms with Crippen molar-refractivity contribution in [2.24, 2.45) is 0 Å². The highest BCUT2D eigenvalue weighted by Gasteiger charge is 2.15. The van der Waals surface area contributed by atoms with E-state index in [1.807, 2.05) is 12.1 Å². The van der Waals surface area contributed by atoms with Gasteiger partial charge in [-0.15, -0.1) is 10.2 Å². The van der Waals surface area contributed by atoms with Crippen LogP contribution >= 0.6 is 11.6 Å². The molecule has 3 aromatic heterocycles. The Morgan fingerprint density at radius 2 is 2.11 bits per heavy atom. The van der Waals surface area contributed by atoms with Crippen LogP contribution in [-0.4, -0.2) is 34.1 Å². The Labute approximate surface area is 160 Å². The molecule has 9 nitrogen and oxygen atoms in total. The number of hydrogen-bond acceptors (Lipinski definition) is 7. The van der Waals surface area contributed by atoms with Gasteiger partial charge in [0.2, 0.25) is 11.8 Å². The summed E-state index contributed by atoms with van der Waals surface area (Å²) in [6, 6.07) is 5.57. The molecule has 0 aliphatic carbocycles.